The van der Waals surface area contributed by atoms with Crippen molar-refractivity contribution in [3.63, 3.8) is 0 Å². The first-order chi connectivity index (χ1) is 14.7. The lowest BCUT2D eigenvalue weighted by molar-refractivity contribution is 0.0954. The third-order valence-corrected chi connectivity index (χ3v) is 4.88. The van der Waals surface area contributed by atoms with Crippen LogP contribution in [0.2, 0.25) is 0 Å². The first-order valence-electron chi connectivity index (χ1n) is 10.1. The van der Waals surface area contributed by atoms with Crippen LogP contribution < -0.4 is 10.7 Å². The fourth-order valence-corrected chi connectivity index (χ4v) is 2.91. The number of rotatable bonds is 5. The molecule has 0 aliphatic heterocycles. The molecule has 3 aromatic rings. The van der Waals surface area contributed by atoms with Crippen molar-refractivity contribution in [2.24, 2.45) is 5.10 Å². The van der Waals surface area contributed by atoms with E-state index in [1.807, 2.05) is 55.5 Å². The van der Waals surface area contributed by atoms with Gasteiger partial charge in [0.1, 0.15) is 0 Å². The van der Waals surface area contributed by atoms with Crippen molar-refractivity contribution in [1.82, 2.24) is 5.43 Å². The number of hydrazone groups is 1. The topological polar surface area (TPSA) is 70.6 Å². The average molecular weight is 414 g/mol. The summed E-state index contributed by atoms with van der Waals surface area (Å²) in [7, 11) is 0. The van der Waals surface area contributed by atoms with Gasteiger partial charge in [0.2, 0.25) is 0 Å². The molecule has 158 valence electrons. The third kappa shape index (κ3) is 6.12. The van der Waals surface area contributed by atoms with E-state index in [2.05, 4.69) is 36.6 Å². The van der Waals surface area contributed by atoms with E-state index in [1.54, 1.807) is 30.5 Å². The van der Waals surface area contributed by atoms with E-state index >= 15 is 0 Å². The highest BCUT2D eigenvalue weighted by Crippen LogP contribution is 2.22. The average Bonchev–Trinajstić information content (AvgIpc) is 2.75. The van der Waals surface area contributed by atoms with Gasteiger partial charge in [-0.1, -0.05) is 62.7 Å². The third-order valence-electron chi connectivity index (χ3n) is 4.88. The molecule has 5 nitrogen and oxygen atoms in total. The summed E-state index contributed by atoms with van der Waals surface area (Å²) in [4.78, 5) is 24.7. The second-order valence-electron chi connectivity index (χ2n) is 8.47. The monoisotopic (exact) mass is 413 g/mol. The number of anilines is 1. The molecular weight excluding hydrogens is 386 g/mol. The van der Waals surface area contributed by atoms with Crippen molar-refractivity contribution in [2.75, 3.05) is 5.32 Å². The number of nitrogens with zero attached hydrogens (tertiary/aromatic N) is 1. The fourth-order valence-electron chi connectivity index (χ4n) is 2.91. The molecule has 0 heterocycles. The minimum atomic E-state index is -0.320. The van der Waals surface area contributed by atoms with E-state index in [4.69, 9.17) is 0 Å². The lowest BCUT2D eigenvalue weighted by Gasteiger charge is -2.19. The highest BCUT2D eigenvalue weighted by atomic mass is 16.2. The molecule has 31 heavy (non-hydrogen) atoms. The Hall–Kier alpha value is -3.73. The Morgan fingerprint density at radius 3 is 1.90 bits per heavy atom. The molecule has 3 aromatic carbocycles. The first kappa shape index (κ1) is 22.0. The molecule has 0 spiro atoms. The number of aryl methyl sites for hydroxylation is 1. The predicted molar refractivity (Wildman–Crippen MR) is 126 cm³/mol. The maximum absolute atomic E-state index is 12.5. The molecule has 2 amide bonds. The second-order valence-corrected chi connectivity index (χ2v) is 8.47. The molecule has 0 atom stereocenters. The van der Waals surface area contributed by atoms with Crippen LogP contribution in [0.5, 0.6) is 0 Å². The number of carbonyl (C=O) groups is 2. The molecule has 3 rings (SSSR count). The molecule has 0 aliphatic carbocycles. The van der Waals surface area contributed by atoms with E-state index in [-0.39, 0.29) is 17.2 Å². The fraction of sp³-hybridized carbons (Fsp3) is 0.192. The lowest BCUT2D eigenvalue weighted by atomic mass is 9.87. The highest BCUT2D eigenvalue weighted by molar-refractivity contribution is 6.04. The number of hydrogen-bond donors (Lipinski definition) is 2. The Kier molecular flexibility index (Phi) is 6.65. The normalized spacial score (nSPS) is 11.4. The van der Waals surface area contributed by atoms with Gasteiger partial charge in [0, 0.05) is 16.8 Å². The van der Waals surface area contributed by atoms with Gasteiger partial charge in [0.25, 0.3) is 11.8 Å². The van der Waals surface area contributed by atoms with Crippen LogP contribution in [0, 0.1) is 6.92 Å². The van der Waals surface area contributed by atoms with Crippen LogP contribution in [0.3, 0.4) is 0 Å². The Balaban J connectivity index is 1.57. The molecule has 0 saturated carbocycles. The number of hydrogen-bond acceptors (Lipinski definition) is 3. The van der Waals surface area contributed by atoms with Crippen LogP contribution in [-0.2, 0) is 5.41 Å². The van der Waals surface area contributed by atoms with Crippen molar-refractivity contribution >= 4 is 23.7 Å². The predicted octanol–water partition coefficient (Wildman–Crippen LogP) is 5.31. The van der Waals surface area contributed by atoms with Gasteiger partial charge >= 0.3 is 0 Å². The standard InChI is InChI=1S/C26H27N3O2/c1-18-5-7-19(8-6-18)17-27-29-25(31)21-11-15-23(16-12-21)28-24(30)20-9-13-22(14-10-20)26(2,3)4/h5-17H,1-4H3,(H,28,30)(H,29,31). The zero-order chi connectivity index (χ0) is 22.4. The van der Waals surface area contributed by atoms with E-state index < -0.39 is 0 Å². The van der Waals surface area contributed by atoms with Gasteiger partial charge in [-0.15, -0.1) is 0 Å². The number of amides is 2. The molecule has 0 unspecified atom stereocenters. The zero-order valence-electron chi connectivity index (χ0n) is 18.3. The smallest absolute Gasteiger partial charge is 0.271 e. The molecular formula is C26H27N3O2. The van der Waals surface area contributed by atoms with Crippen LogP contribution in [0.15, 0.2) is 77.9 Å². The van der Waals surface area contributed by atoms with Crippen molar-refractivity contribution in [2.45, 2.75) is 33.1 Å². The first-order valence-corrected chi connectivity index (χ1v) is 10.1. The van der Waals surface area contributed by atoms with Gasteiger partial charge in [0.05, 0.1) is 6.21 Å². The van der Waals surface area contributed by atoms with E-state index in [0.29, 0.717) is 16.8 Å². The molecule has 2 N–H and O–H groups in total. The Bertz CT molecular complexity index is 1080. The summed E-state index contributed by atoms with van der Waals surface area (Å²) in [6, 6.07) is 22.1. The summed E-state index contributed by atoms with van der Waals surface area (Å²) < 4.78 is 0. The summed E-state index contributed by atoms with van der Waals surface area (Å²) in [6.45, 7) is 8.41. The number of carbonyl (C=O) groups excluding carboxylic acids is 2. The van der Waals surface area contributed by atoms with E-state index in [9.17, 15) is 9.59 Å². The molecule has 0 radical (unpaired) electrons. The minimum Gasteiger partial charge on any atom is -0.322 e. The minimum absolute atomic E-state index is 0.0373. The maximum Gasteiger partial charge on any atom is 0.271 e. The van der Waals surface area contributed by atoms with Crippen LogP contribution in [0.4, 0.5) is 5.69 Å². The van der Waals surface area contributed by atoms with Crippen molar-refractivity contribution in [3.05, 3.63) is 101 Å². The largest absolute Gasteiger partial charge is 0.322 e. The van der Waals surface area contributed by atoms with Crippen LogP contribution in [0.1, 0.15) is 58.2 Å². The highest BCUT2D eigenvalue weighted by Gasteiger charge is 2.14. The van der Waals surface area contributed by atoms with E-state index in [1.165, 1.54) is 5.56 Å². The molecule has 5 heteroatoms. The lowest BCUT2D eigenvalue weighted by Crippen LogP contribution is -2.18. The van der Waals surface area contributed by atoms with Crippen molar-refractivity contribution in [1.29, 1.82) is 0 Å². The summed E-state index contributed by atoms with van der Waals surface area (Å²) in [5.41, 5.74) is 7.43. The number of nitrogens with one attached hydrogen (secondary N) is 2. The maximum atomic E-state index is 12.5. The van der Waals surface area contributed by atoms with Gasteiger partial charge in [0.15, 0.2) is 0 Å². The SMILES string of the molecule is Cc1ccc(C=NNC(=O)c2ccc(NC(=O)c3ccc(C(C)(C)C)cc3)cc2)cc1. The van der Waals surface area contributed by atoms with Crippen LogP contribution >= 0.6 is 0 Å². The molecule has 0 saturated heterocycles. The Labute approximate surface area is 183 Å². The van der Waals surface area contributed by atoms with Gasteiger partial charge in [-0.05, 0) is 59.9 Å². The van der Waals surface area contributed by atoms with Crippen LogP contribution in [0.25, 0.3) is 0 Å². The summed E-state index contributed by atoms with van der Waals surface area (Å²) >= 11 is 0. The van der Waals surface area contributed by atoms with Gasteiger partial charge in [-0.3, -0.25) is 9.59 Å². The summed E-state index contributed by atoms with van der Waals surface area (Å²) in [5.74, 6) is -0.514. The van der Waals surface area contributed by atoms with Gasteiger partial charge in [-0.2, -0.15) is 5.10 Å². The Morgan fingerprint density at radius 1 is 0.774 bits per heavy atom. The molecule has 0 aliphatic rings. The zero-order valence-corrected chi connectivity index (χ0v) is 18.3. The quantitative estimate of drug-likeness (QED) is 0.440. The Morgan fingerprint density at radius 2 is 1.32 bits per heavy atom. The number of benzene rings is 3. The molecule has 0 bridgehead atoms. The van der Waals surface area contributed by atoms with Crippen LogP contribution in [-0.4, -0.2) is 18.0 Å². The second kappa shape index (κ2) is 9.39. The van der Waals surface area contributed by atoms with Gasteiger partial charge < -0.3 is 5.32 Å². The summed E-state index contributed by atoms with van der Waals surface area (Å²) in [5, 5.41) is 6.84. The molecule has 0 fully saturated rings. The van der Waals surface area contributed by atoms with Gasteiger partial charge in [-0.25, -0.2) is 5.43 Å². The van der Waals surface area contributed by atoms with E-state index in [0.717, 1.165) is 11.1 Å². The van der Waals surface area contributed by atoms with Crippen molar-refractivity contribution < 1.29 is 9.59 Å². The molecule has 0 aromatic heterocycles. The summed E-state index contributed by atoms with van der Waals surface area (Å²) in [6.07, 6.45) is 1.59. The van der Waals surface area contributed by atoms with Crippen molar-refractivity contribution in [3.8, 4) is 0 Å².